The number of aryl methyl sites for hydroxylation is 2. The first kappa shape index (κ1) is 15.5. The third-order valence-electron chi connectivity index (χ3n) is 3.70. The van der Waals surface area contributed by atoms with Gasteiger partial charge in [-0.05, 0) is 13.8 Å². The van der Waals surface area contributed by atoms with Crippen molar-refractivity contribution in [2.24, 2.45) is 7.05 Å². The van der Waals surface area contributed by atoms with Crippen LogP contribution in [0.25, 0.3) is 5.69 Å². The summed E-state index contributed by atoms with van der Waals surface area (Å²) in [7, 11) is 1.20. The van der Waals surface area contributed by atoms with Crippen LogP contribution in [0, 0.1) is 13.8 Å². The molecule has 3 heterocycles. The molecule has 24 heavy (non-hydrogen) atoms. The summed E-state index contributed by atoms with van der Waals surface area (Å²) in [5.41, 5.74) is -0.0267. The van der Waals surface area contributed by atoms with Crippen molar-refractivity contribution in [1.82, 2.24) is 28.9 Å². The van der Waals surface area contributed by atoms with E-state index in [0.717, 1.165) is 20.5 Å². The van der Waals surface area contributed by atoms with Crippen LogP contribution in [0.2, 0.25) is 0 Å². The van der Waals surface area contributed by atoms with Crippen molar-refractivity contribution in [3.63, 3.8) is 0 Å². The molecule has 0 atom stereocenters. The van der Waals surface area contributed by atoms with Gasteiger partial charge in [-0.2, -0.15) is 5.10 Å². The van der Waals surface area contributed by atoms with Gasteiger partial charge < -0.3 is 9.63 Å². The second-order valence-electron chi connectivity index (χ2n) is 5.22. The zero-order valence-corrected chi connectivity index (χ0v) is 13.1. The lowest BCUT2D eigenvalue weighted by Gasteiger charge is -1.99. The number of aromatic nitrogens is 6. The number of carboxylic acid groups (broad SMARTS) is 1. The third kappa shape index (κ3) is 2.26. The SMILES string of the molecule is Cc1noc(C)c1Cn1cc(-n2c(=O)n(C)n(C(=O)O)c2=O)cn1. The fraction of sp³-hybridized carbons (Fsp3) is 0.308. The fourth-order valence-electron chi connectivity index (χ4n) is 2.41. The Morgan fingerprint density at radius 1 is 1.29 bits per heavy atom. The number of carbonyl (C=O) groups is 1. The summed E-state index contributed by atoms with van der Waals surface area (Å²) < 4.78 is 8.37. The Kier molecular flexibility index (Phi) is 3.47. The lowest BCUT2D eigenvalue weighted by molar-refractivity contribution is 0.187. The molecule has 3 rings (SSSR count). The van der Waals surface area contributed by atoms with Crippen molar-refractivity contribution >= 4 is 6.09 Å². The van der Waals surface area contributed by atoms with Gasteiger partial charge in [0.15, 0.2) is 0 Å². The molecule has 0 amide bonds. The van der Waals surface area contributed by atoms with Crippen molar-refractivity contribution in [2.75, 3.05) is 0 Å². The standard InChI is InChI=1S/C13H14N6O5/c1-7-10(8(2)24-15-7)6-17-5-9(4-14-17)18-11(20)16(3)19(12(18)21)13(22)23/h4-5H,6H2,1-3H3,(H,22,23). The molecule has 0 aliphatic carbocycles. The molecule has 0 saturated carbocycles. The Morgan fingerprint density at radius 3 is 2.54 bits per heavy atom. The molecule has 11 heteroatoms. The second kappa shape index (κ2) is 5.37. The zero-order chi connectivity index (χ0) is 17.6. The maximum absolute atomic E-state index is 12.1. The molecule has 0 unspecified atom stereocenters. The van der Waals surface area contributed by atoms with Gasteiger partial charge >= 0.3 is 17.5 Å². The lowest BCUT2D eigenvalue weighted by Crippen LogP contribution is -2.30. The van der Waals surface area contributed by atoms with E-state index in [4.69, 9.17) is 9.63 Å². The maximum Gasteiger partial charge on any atom is 0.435 e. The maximum atomic E-state index is 12.1. The summed E-state index contributed by atoms with van der Waals surface area (Å²) in [6.07, 6.45) is 1.25. The summed E-state index contributed by atoms with van der Waals surface area (Å²) in [6.45, 7) is 3.91. The molecule has 0 aliphatic rings. The van der Waals surface area contributed by atoms with E-state index in [1.54, 1.807) is 13.8 Å². The molecular weight excluding hydrogens is 320 g/mol. The molecule has 0 aliphatic heterocycles. The van der Waals surface area contributed by atoms with Gasteiger partial charge in [-0.25, -0.2) is 23.6 Å². The van der Waals surface area contributed by atoms with Crippen molar-refractivity contribution in [3.8, 4) is 5.69 Å². The van der Waals surface area contributed by atoms with Crippen molar-refractivity contribution in [3.05, 3.63) is 50.4 Å². The van der Waals surface area contributed by atoms with Gasteiger partial charge in [0, 0.05) is 18.8 Å². The van der Waals surface area contributed by atoms with Gasteiger partial charge in [0.05, 0.1) is 24.1 Å². The Morgan fingerprint density at radius 2 is 2.00 bits per heavy atom. The normalized spacial score (nSPS) is 11.1. The van der Waals surface area contributed by atoms with Crippen molar-refractivity contribution < 1.29 is 14.4 Å². The van der Waals surface area contributed by atoms with Crippen LogP contribution in [0.5, 0.6) is 0 Å². The number of hydrogen-bond donors (Lipinski definition) is 1. The number of nitrogens with zero attached hydrogens (tertiary/aromatic N) is 6. The molecule has 0 spiro atoms. The minimum Gasteiger partial charge on any atom is -0.463 e. The highest BCUT2D eigenvalue weighted by Gasteiger charge is 2.20. The van der Waals surface area contributed by atoms with Gasteiger partial charge in [0.25, 0.3) is 0 Å². The van der Waals surface area contributed by atoms with Crippen molar-refractivity contribution in [2.45, 2.75) is 20.4 Å². The highest BCUT2D eigenvalue weighted by atomic mass is 16.5. The van der Waals surface area contributed by atoms with Gasteiger partial charge in [0.2, 0.25) is 0 Å². The fourth-order valence-corrected chi connectivity index (χ4v) is 2.41. The van der Waals surface area contributed by atoms with Gasteiger partial charge in [-0.15, -0.1) is 4.68 Å². The van der Waals surface area contributed by atoms with Crippen LogP contribution in [0.1, 0.15) is 17.0 Å². The van der Waals surface area contributed by atoms with E-state index in [2.05, 4.69) is 10.3 Å². The molecule has 3 aromatic rings. The zero-order valence-electron chi connectivity index (χ0n) is 13.1. The minimum atomic E-state index is -1.54. The number of rotatable bonds is 3. The van der Waals surface area contributed by atoms with E-state index in [0.29, 0.717) is 17.0 Å². The molecule has 126 valence electrons. The van der Waals surface area contributed by atoms with E-state index >= 15 is 0 Å². The predicted molar refractivity (Wildman–Crippen MR) is 79.6 cm³/mol. The summed E-state index contributed by atoms with van der Waals surface area (Å²) in [5, 5.41) is 17.0. The van der Waals surface area contributed by atoms with Crippen LogP contribution in [0.4, 0.5) is 4.79 Å². The second-order valence-corrected chi connectivity index (χ2v) is 5.22. The molecule has 0 bridgehead atoms. The van der Waals surface area contributed by atoms with Gasteiger partial charge in [0.1, 0.15) is 5.76 Å². The van der Waals surface area contributed by atoms with Crippen LogP contribution in [0.15, 0.2) is 26.5 Å². The van der Waals surface area contributed by atoms with Crippen LogP contribution >= 0.6 is 0 Å². The van der Waals surface area contributed by atoms with E-state index in [9.17, 15) is 14.4 Å². The topological polar surface area (TPSA) is 130 Å². The molecule has 0 fully saturated rings. The first-order valence-electron chi connectivity index (χ1n) is 6.90. The smallest absolute Gasteiger partial charge is 0.435 e. The monoisotopic (exact) mass is 334 g/mol. The van der Waals surface area contributed by atoms with Gasteiger partial charge in [-0.3, -0.25) is 4.68 Å². The highest BCUT2D eigenvalue weighted by molar-refractivity contribution is 5.66. The first-order valence-corrected chi connectivity index (χ1v) is 6.90. The van der Waals surface area contributed by atoms with Crippen LogP contribution in [-0.2, 0) is 13.6 Å². The van der Waals surface area contributed by atoms with Gasteiger partial charge in [-0.1, -0.05) is 5.16 Å². The molecule has 3 aromatic heterocycles. The average molecular weight is 334 g/mol. The van der Waals surface area contributed by atoms with E-state index in [-0.39, 0.29) is 5.69 Å². The Balaban J connectivity index is 2.04. The Labute approximate surface area is 133 Å². The Hall–Kier alpha value is -3.37. The molecule has 0 saturated heterocycles. The Bertz CT molecular complexity index is 1030. The largest absolute Gasteiger partial charge is 0.463 e. The van der Waals surface area contributed by atoms with E-state index in [1.165, 1.54) is 24.1 Å². The van der Waals surface area contributed by atoms with Crippen LogP contribution < -0.4 is 11.4 Å². The lowest BCUT2D eigenvalue weighted by atomic mass is 10.2. The predicted octanol–water partition coefficient (Wildman–Crippen LogP) is -0.287. The third-order valence-corrected chi connectivity index (χ3v) is 3.70. The van der Waals surface area contributed by atoms with Crippen LogP contribution in [-0.4, -0.2) is 40.1 Å². The van der Waals surface area contributed by atoms with Crippen molar-refractivity contribution in [1.29, 1.82) is 0 Å². The minimum absolute atomic E-state index is 0.173. The summed E-state index contributed by atoms with van der Waals surface area (Å²) in [4.78, 5) is 35.4. The average Bonchev–Trinajstić information content (AvgIpc) is 3.14. The highest BCUT2D eigenvalue weighted by Crippen LogP contribution is 2.14. The summed E-state index contributed by atoms with van der Waals surface area (Å²) >= 11 is 0. The molecule has 0 aromatic carbocycles. The summed E-state index contributed by atoms with van der Waals surface area (Å²) in [5.74, 6) is 0.648. The number of hydrogen-bond acceptors (Lipinski definition) is 6. The van der Waals surface area contributed by atoms with E-state index in [1.807, 2.05) is 0 Å². The molecule has 1 N–H and O–H groups in total. The van der Waals surface area contributed by atoms with Crippen LogP contribution in [0.3, 0.4) is 0 Å². The molecular formula is C13H14N6O5. The first-order chi connectivity index (χ1) is 11.3. The summed E-state index contributed by atoms with van der Waals surface area (Å²) in [6, 6.07) is 0. The van der Waals surface area contributed by atoms with E-state index < -0.39 is 17.5 Å². The quantitative estimate of drug-likeness (QED) is 0.696. The molecule has 0 radical (unpaired) electrons. The molecule has 11 nitrogen and oxygen atoms in total.